The van der Waals surface area contributed by atoms with E-state index in [4.69, 9.17) is 5.73 Å². The van der Waals surface area contributed by atoms with Crippen LogP contribution in [0.3, 0.4) is 0 Å². The molecular formula is C15H23N3O2. The van der Waals surface area contributed by atoms with Gasteiger partial charge in [-0.25, -0.2) is 0 Å². The molecule has 1 rings (SSSR count). The van der Waals surface area contributed by atoms with Crippen molar-refractivity contribution in [1.29, 1.82) is 0 Å². The Bertz CT molecular complexity index is 510. The second-order valence-electron chi connectivity index (χ2n) is 5.16. The van der Waals surface area contributed by atoms with Gasteiger partial charge in [0.2, 0.25) is 11.8 Å². The molecule has 20 heavy (non-hydrogen) atoms. The van der Waals surface area contributed by atoms with Gasteiger partial charge >= 0.3 is 0 Å². The molecule has 110 valence electrons. The van der Waals surface area contributed by atoms with Gasteiger partial charge in [0.1, 0.15) is 0 Å². The van der Waals surface area contributed by atoms with E-state index in [1.807, 2.05) is 19.9 Å². The number of benzene rings is 1. The van der Waals surface area contributed by atoms with Crippen molar-refractivity contribution in [1.82, 2.24) is 0 Å². The third-order valence-corrected chi connectivity index (χ3v) is 3.34. The minimum atomic E-state index is -0.908. The molecule has 1 atom stereocenters. The van der Waals surface area contributed by atoms with E-state index in [0.717, 1.165) is 5.56 Å². The molecule has 5 nitrogen and oxygen atoms in total. The van der Waals surface area contributed by atoms with Crippen LogP contribution in [0.25, 0.3) is 0 Å². The van der Waals surface area contributed by atoms with Crippen LogP contribution in [-0.4, -0.2) is 17.4 Å². The zero-order valence-corrected chi connectivity index (χ0v) is 12.5. The Morgan fingerprint density at radius 2 is 1.90 bits per heavy atom. The average molecular weight is 277 g/mol. The highest BCUT2D eigenvalue weighted by atomic mass is 16.2. The number of carbonyl (C=O) groups excluding carboxylic acids is 2. The summed E-state index contributed by atoms with van der Waals surface area (Å²) in [5.41, 5.74) is 7.25. The van der Waals surface area contributed by atoms with E-state index in [9.17, 15) is 9.59 Å². The Kier molecular flexibility index (Phi) is 5.27. The van der Waals surface area contributed by atoms with Crippen LogP contribution in [-0.2, 0) is 9.59 Å². The molecule has 4 N–H and O–H groups in total. The van der Waals surface area contributed by atoms with E-state index >= 15 is 0 Å². The normalized spacial score (nSPS) is 13.4. The monoisotopic (exact) mass is 277 g/mol. The van der Waals surface area contributed by atoms with Crippen LogP contribution < -0.4 is 16.4 Å². The Hall–Kier alpha value is -1.88. The Morgan fingerprint density at radius 1 is 1.25 bits per heavy atom. The number of anilines is 2. The van der Waals surface area contributed by atoms with E-state index in [2.05, 4.69) is 10.6 Å². The fraction of sp³-hybridized carbons (Fsp3) is 0.467. The van der Waals surface area contributed by atoms with E-state index < -0.39 is 5.54 Å². The molecule has 0 heterocycles. The molecule has 5 heteroatoms. The van der Waals surface area contributed by atoms with Gasteiger partial charge in [0.25, 0.3) is 0 Å². The number of rotatable bonds is 5. The van der Waals surface area contributed by atoms with E-state index in [-0.39, 0.29) is 11.8 Å². The zero-order chi connectivity index (χ0) is 15.3. The predicted molar refractivity (Wildman–Crippen MR) is 81.6 cm³/mol. The second-order valence-corrected chi connectivity index (χ2v) is 5.16. The quantitative estimate of drug-likeness (QED) is 0.772. The molecule has 0 aliphatic carbocycles. The van der Waals surface area contributed by atoms with Gasteiger partial charge in [0.05, 0.1) is 5.54 Å². The number of nitrogens with one attached hydrogen (secondary N) is 2. The highest BCUT2D eigenvalue weighted by molar-refractivity contribution is 5.99. The van der Waals surface area contributed by atoms with Crippen molar-refractivity contribution >= 4 is 23.2 Å². The maximum absolute atomic E-state index is 12.1. The Balaban J connectivity index is 2.92. The van der Waals surface area contributed by atoms with Gasteiger partial charge < -0.3 is 16.4 Å². The lowest BCUT2D eigenvalue weighted by Gasteiger charge is -2.22. The first-order valence-corrected chi connectivity index (χ1v) is 6.81. The topological polar surface area (TPSA) is 84.2 Å². The summed E-state index contributed by atoms with van der Waals surface area (Å²) < 4.78 is 0. The van der Waals surface area contributed by atoms with Crippen LogP contribution in [0.2, 0.25) is 0 Å². The first kappa shape index (κ1) is 16.2. The summed E-state index contributed by atoms with van der Waals surface area (Å²) in [4.78, 5) is 23.5. The summed E-state index contributed by atoms with van der Waals surface area (Å²) in [7, 11) is 0. The Labute approximate surface area is 119 Å². The van der Waals surface area contributed by atoms with Gasteiger partial charge in [-0.05, 0) is 38.0 Å². The first-order valence-electron chi connectivity index (χ1n) is 6.81. The highest BCUT2D eigenvalue weighted by Crippen LogP contribution is 2.22. The summed E-state index contributed by atoms with van der Waals surface area (Å²) in [6.07, 6.45) is 0.955. The molecule has 1 aromatic carbocycles. The summed E-state index contributed by atoms with van der Waals surface area (Å²) in [6.45, 7) is 7.23. The third-order valence-electron chi connectivity index (χ3n) is 3.34. The van der Waals surface area contributed by atoms with Crippen LogP contribution in [0.1, 0.15) is 39.2 Å². The molecular weight excluding hydrogens is 254 g/mol. The first-order chi connectivity index (χ1) is 9.30. The predicted octanol–water partition coefficient (Wildman–Crippen LogP) is 2.41. The summed E-state index contributed by atoms with van der Waals surface area (Å²) in [5.74, 6) is -0.301. The Morgan fingerprint density at radius 3 is 2.45 bits per heavy atom. The van der Waals surface area contributed by atoms with Crippen molar-refractivity contribution in [3.63, 3.8) is 0 Å². The molecule has 0 radical (unpaired) electrons. The second kappa shape index (κ2) is 6.52. The molecule has 0 aliphatic rings. The summed E-state index contributed by atoms with van der Waals surface area (Å²) >= 11 is 0. The zero-order valence-electron chi connectivity index (χ0n) is 12.5. The fourth-order valence-electron chi connectivity index (χ4n) is 1.51. The number of amides is 2. The largest absolute Gasteiger partial charge is 0.326 e. The van der Waals surface area contributed by atoms with Crippen molar-refractivity contribution in [2.24, 2.45) is 5.73 Å². The molecule has 2 amide bonds. The van der Waals surface area contributed by atoms with Gasteiger partial charge in [0.15, 0.2) is 0 Å². The molecule has 0 aliphatic heterocycles. The smallest absolute Gasteiger partial charge is 0.244 e. The maximum Gasteiger partial charge on any atom is 0.244 e. The van der Waals surface area contributed by atoms with Crippen molar-refractivity contribution < 1.29 is 9.59 Å². The minimum absolute atomic E-state index is 0.0663. The third kappa shape index (κ3) is 4.06. The number of aryl methyl sites for hydroxylation is 1. The van der Waals surface area contributed by atoms with Crippen LogP contribution in [0.15, 0.2) is 18.2 Å². The van der Waals surface area contributed by atoms with Crippen LogP contribution in [0, 0.1) is 6.92 Å². The lowest BCUT2D eigenvalue weighted by Crippen LogP contribution is -2.47. The van der Waals surface area contributed by atoms with Crippen molar-refractivity contribution in [3.8, 4) is 0 Å². The van der Waals surface area contributed by atoms with Crippen LogP contribution >= 0.6 is 0 Å². The molecule has 1 unspecified atom stereocenters. The minimum Gasteiger partial charge on any atom is -0.326 e. The lowest BCUT2D eigenvalue weighted by atomic mass is 9.99. The number of hydrogen-bond donors (Lipinski definition) is 3. The molecule has 0 saturated carbocycles. The van der Waals surface area contributed by atoms with E-state index in [1.54, 1.807) is 26.0 Å². The van der Waals surface area contributed by atoms with Crippen LogP contribution in [0.4, 0.5) is 11.4 Å². The SMILES string of the molecule is CCC(=O)Nc1ccc(C)c(NC(=O)C(C)(N)CC)c1. The molecule has 0 aromatic heterocycles. The number of hydrogen-bond acceptors (Lipinski definition) is 3. The van der Waals surface area contributed by atoms with Gasteiger partial charge in [-0.2, -0.15) is 0 Å². The number of carbonyl (C=O) groups is 2. The maximum atomic E-state index is 12.1. The molecule has 1 aromatic rings. The molecule has 0 bridgehead atoms. The lowest BCUT2D eigenvalue weighted by molar-refractivity contribution is -0.120. The summed E-state index contributed by atoms with van der Waals surface area (Å²) in [5, 5.41) is 5.58. The van der Waals surface area contributed by atoms with Crippen molar-refractivity contribution in [2.45, 2.75) is 46.1 Å². The summed E-state index contributed by atoms with van der Waals surface area (Å²) in [6, 6.07) is 5.40. The standard InChI is InChI=1S/C15H23N3O2/c1-5-13(19)17-11-8-7-10(3)12(9-11)18-14(20)15(4,16)6-2/h7-9H,5-6,16H2,1-4H3,(H,17,19)(H,18,20). The van der Waals surface area contributed by atoms with Gasteiger partial charge in [0, 0.05) is 17.8 Å². The van der Waals surface area contributed by atoms with Crippen molar-refractivity contribution in [3.05, 3.63) is 23.8 Å². The van der Waals surface area contributed by atoms with E-state index in [1.165, 1.54) is 0 Å². The highest BCUT2D eigenvalue weighted by Gasteiger charge is 2.26. The van der Waals surface area contributed by atoms with Gasteiger partial charge in [-0.1, -0.05) is 19.9 Å². The van der Waals surface area contributed by atoms with Gasteiger partial charge in [-0.3, -0.25) is 9.59 Å². The van der Waals surface area contributed by atoms with Crippen molar-refractivity contribution in [2.75, 3.05) is 10.6 Å². The molecule has 0 saturated heterocycles. The van der Waals surface area contributed by atoms with E-state index in [0.29, 0.717) is 24.2 Å². The molecule has 0 fully saturated rings. The number of nitrogens with two attached hydrogens (primary N) is 1. The molecule has 0 spiro atoms. The van der Waals surface area contributed by atoms with Gasteiger partial charge in [-0.15, -0.1) is 0 Å². The fourth-order valence-corrected chi connectivity index (χ4v) is 1.51. The average Bonchev–Trinajstić information content (AvgIpc) is 2.42. The van der Waals surface area contributed by atoms with Crippen LogP contribution in [0.5, 0.6) is 0 Å².